The molecule has 0 unspecified atom stereocenters. The smallest absolute Gasteiger partial charge is 0.252 e. The number of likely N-dealkylation sites (N-methyl/N-ethyl adjacent to an activating group) is 2. The Morgan fingerprint density at radius 2 is 1.51 bits per heavy atom. The molecule has 0 aliphatic heterocycles. The zero-order chi connectivity index (χ0) is 35.8. The first-order valence-corrected chi connectivity index (χ1v) is 17.1. The molecule has 1 heterocycles. The molecule has 47 heavy (non-hydrogen) atoms. The fourth-order valence-corrected chi connectivity index (χ4v) is 5.34. The minimum Gasteiger partial charge on any atom is -0.619 e. The first-order valence-electron chi connectivity index (χ1n) is 17.1. The highest BCUT2D eigenvalue weighted by Crippen LogP contribution is 2.22. The highest BCUT2D eigenvalue weighted by molar-refractivity contribution is 5.94. The number of nitrogens with zero attached hydrogens (tertiary/aromatic N) is 2. The number of pyridine rings is 1. The summed E-state index contributed by atoms with van der Waals surface area (Å²) < 4.78 is 0.623. The van der Waals surface area contributed by atoms with E-state index in [9.17, 15) is 24.4 Å². The Bertz CT molecular complexity index is 1160. The molecule has 12 heteroatoms. The number of carbonyl (C=O) groups excluding carboxylic acids is 4. The van der Waals surface area contributed by atoms with E-state index in [2.05, 4.69) is 47.0 Å². The van der Waals surface area contributed by atoms with Crippen molar-refractivity contribution in [3.63, 3.8) is 0 Å². The van der Waals surface area contributed by atoms with Crippen LogP contribution in [0.1, 0.15) is 98.4 Å². The second-order valence-corrected chi connectivity index (χ2v) is 13.3. The second kappa shape index (κ2) is 20.5. The lowest BCUT2D eigenvalue weighted by molar-refractivity contribution is -0.605. The highest BCUT2D eigenvalue weighted by Gasteiger charge is 2.32. The summed E-state index contributed by atoms with van der Waals surface area (Å²) in [5.41, 5.74) is 0.978. The van der Waals surface area contributed by atoms with E-state index < -0.39 is 24.2 Å². The van der Waals surface area contributed by atoms with Crippen molar-refractivity contribution >= 4 is 23.6 Å². The number of rotatable bonds is 21. The standard InChI is InChI=1S/C35H61N7O5/c1-12-15-29(41(11)26(10)31(24(8)13-2)40-33(44)27-16-18-42(47)19-17-27)34(45)38-28(20-22(4)5)21-37-25(9)32(43)39-30(23(6)7)35(46)36-14-3/h16-19,22-25,28-31,37H,10,12-15,20-21H2,1-9,11H3,(H,36,46)(H,38,45)(H,39,43)(H,40,44)/t24-,25-,28-,29-,30-,31-/m0/s1. The van der Waals surface area contributed by atoms with E-state index in [-0.39, 0.29) is 47.4 Å². The van der Waals surface area contributed by atoms with E-state index in [1.54, 1.807) is 6.92 Å². The van der Waals surface area contributed by atoms with Crippen molar-refractivity contribution in [2.45, 2.75) is 118 Å². The summed E-state index contributed by atoms with van der Waals surface area (Å²) in [6.07, 6.45) is 5.34. The molecule has 1 aromatic heterocycles. The van der Waals surface area contributed by atoms with E-state index in [0.29, 0.717) is 41.9 Å². The zero-order valence-electron chi connectivity index (χ0n) is 30.3. The van der Waals surface area contributed by atoms with Crippen LogP contribution in [0.4, 0.5) is 0 Å². The monoisotopic (exact) mass is 659 g/mol. The molecule has 0 aliphatic rings. The molecule has 6 atom stereocenters. The predicted octanol–water partition coefficient (Wildman–Crippen LogP) is 2.86. The molecule has 0 saturated carbocycles. The van der Waals surface area contributed by atoms with Gasteiger partial charge in [-0.3, -0.25) is 19.2 Å². The quantitative estimate of drug-likeness (QED) is 0.100. The van der Waals surface area contributed by atoms with Crippen LogP contribution in [-0.4, -0.2) is 78.9 Å². The molecule has 1 aromatic rings. The number of aromatic nitrogens is 1. The third kappa shape index (κ3) is 13.5. The molecule has 266 valence electrons. The van der Waals surface area contributed by atoms with Gasteiger partial charge < -0.3 is 36.7 Å². The molecule has 4 amide bonds. The summed E-state index contributed by atoms with van der Waals surface area (Å²) in [6.45, 7) is 22.7. The van der Waals surface area contributed by atoms with Crippen molar-refractivity contribution in [1.29, 1.82) is 0 Å². The van der Waals surface area contributed by atoms with Gasteiger partial charge in [0.1, 0.15) is 12.1 Å². The van der Waals surface area contributed by atoms with E-state index in [4.69, 9.17) is 0 Å². The molecule has 0 aromatic carbocycles. The van der Waals surface area contributed by atoms with E-state index in [1.807, 2.05) is 53.5 Å². The maximum absolute atomic E-state index is 13.9. The van der Waals surface area contributed by atoms with Gasteiger partial charge >= 0.3 is 0 Å². The van der Waals surface area contributed by atoms with Crippen LogP contribution >= 0.6 is 0 Å². The molecule has 0 bridgehead atoms. The minimum atomic E-state index is -0.641. The van der Waals surface area contributed by atoms with Crippen molar-refractivity contribution < 1.29 is 23.9 Å². The second-order valence-electron chi connectivity index (χ2n) is 13.3. The fraction of sp³-hybridized carbons (Fsp3) is 0.686. The Balaban J connectivity index is 3.06. The summed E-state index contributed by atoms with van der Waals surface area (Å²) in [4.78, 5) is 54.3. The molecule has 0 radical (unpaired) electrons. The average molecular weight is 660 g/mol. The van der Waals surface area contributed by atoms with Gasteiger partial charge in [-0.15, -0.1) is 0 Å². The molecule has 0 saturated heterocycles. The topological polar surface area (TPSA) is 159 Å². The Morgan fingerprint density at radius 1 is 0.894 bits per heavy atom. The summed E-state index contributed by atoms with van der Waals surface area (Å²) in [7, 11) is 1.83. The molecular weight excluding hydrogens is 598 g/mol. The van der Waals surface area contributed by atoms with Crippen LogP contribution in [0.25, 0.3) is 0 Å². The minimum absolute atomic E-state index is 0.0289. The van der Waals surface area contributed by atoms with Crippen molar-refractivity contribution in [3.8, 4) is 0 Å². The van der Waals surface area contributed by atoms with Crippen molar-refractivity contribution in [3.05, 3.63) is 47.6 Å². The molecule has 5 N–H and O–H groups in total. The molecule has 0 aliphatic carbocycles. The van der Waals surface area contributed by atoms with Crippen LogP contribution in [0, 0.1) is 23.0 Å². The van der Waals surface area contributed by atoms with E-state index in [1.165, 1.54) is 24.5 Å². The van der Waals surface area contributed by atoms with E-state index in [0.717, 1.165) is 12.8 Å². The van der Waals surface area contributed by atoms with Crippen LogP contribution in [0.5, 0.6) is 0 Å². The molecular formula is C35H61N7O5. The van der Waals surface area contributed by atoms with Gasteiger partial charge in [0.15, 0.2) is 12.4 Å². The Hall–Kier alpha value is -3.67. The summed E-state index contributed by atoms with van der Waals surface area (Å²) in [6, 6.07) is 0.476. The first-order chi connectivity index (χ1) is 22.1. The van der Waals surface area contributed by atoms with Crippen molar-refractivity contribution in [1.82, 2.24) is 31.5 Å². The number of nitrogens with one attached hydrogen (secondary N) is 5. The van der Waals surface area contributed by atoms with Crippen molar-refractivity contribution in [2.24, 2.45) is 17.8 Å². The number of hydrogen-bond donors (Lipinski definition) is 5. The Kier molecular flexibility index (Phi) is 18.1. The fourth-order valence-electron chi connectivity index (χ4n) is 5.34. The first kappa shape index (κ1) is 41.4. The van der Waals surface area contributed by atoms with Crippen LogP contribution in [0.3, 0.4) is 0 Å². The predicted molar refractivity (Wildman–Crippen MR) is 186 cm³/mol. The van der Waals surface area contributed by atoms with Gasteiger partial charge in [0.25, 0.3) is 5.91 Å². The molecule has 0 fully saturated rings. The largest absolute Gasteiger partial charge is 0.619 e. The van der Waals surface area contributed by atoms with Crippen LogP contribution < -0.4 is 31.3 Å². The highest BCUT2D eigenvalue weighted by atomic mass is 16.5. The third-order valence-corrected chi connectivity index (χ3v) is 8.47. The van der Waals surface area contributed by atoms with Gasteiger partial charge in [-0.25, -0.2) is 0 Å². The van der Waals surface area contributed by atoms with Crippen LogP contribution in [-0.2, 0) is 14.4 Å². The van der Waals surface area contributed by atoms with Crippen LogP contribution in [0.15, 0.2) is 36.8 Å². The normalized spacial score (nSPS) is 15.1. The van der Waals surface area contributed by atoms with Gasteiger partial charge in [0, 0.05) is 44.0 Å². The van der Waals surface area contributed by atoms with Gasteiger partial charge in [0.2, 0.25) is 17.7 Å². The Labute approximate surface area is 282 Å². The number of amides is 4. The van der Waals surface area contributed by atoms with Gasteiger partial charge in [-0.05, 0) is 44.4 Å². The summed E-state index contributed by atoms with van der Waals surface area (Å²) >= 11 is 0. The van der Waals surface area contributed by atoms with Gasteiger partial charge in [-0.1, -0.05) is 67.9 Å². The lowest BCUT2D eigenvalue weighted by Crippen LogP contribution is -2.56. The van der Waals surface area contributed by atoms with Crippen molar-refractivity contribution in [2.75, 3.05) is 20.1 Å². The molecule has 12 nitrogen and oxygen atoms in total. The summed E-state index contributed by atoms with van der Waals surface area (Å²) in [5, 5.41) is 26.6. The average Bonchev–Trinajstić information content (AvgIpc) is 3.02. The zero-order valence-corrected chi connectivity index (χ0v) is 30.3. The lowest BCUT2D eigenvalue weighted by Gasteiger charge is -2.37. The lowest BCUT2D eigenvalue weighted by atomic mass is 9.94. The van der Waals surface area contributed by atoms with E-state index >= 15 is 0 Å². The summed E-state index contributed by atoms with van der Waals surface area (Å²) in [5.74, 6) is -0.752. The Morgan fingerprint density at radius 3 is 2.02 bits per heavy atom. The van der Waals surface area contributed by atoms with Gasteiger partial charge in [0.05, 0.1) is 17.6 Å². The molecule has 1 rings (SSSR count). The maximum atomic E-state index is 13.9. The van der Waals surface area contributed by atoms with Crippen LogP contribution in [0.2, 0.25) is 0 Å². The SMILES string of the molecule is C=C([C@@H](NC(=O)c1cc[n+]([O-])cc1)[C@@H](C)CC)N(C)[C@@H](CCC)C(=O)N[C@H](CN[C@@H](C)C(=O)N[C@H](C(=O)NCC)C(C)C)CC(C)C. The van der Waals surface area contributed by atoms with Gasteiger partial charge in [-0.2, -0.15) is 4.73 Å². The maximum Gasteiger partial charge on any atom is 0.252 e. The number of carbonyl (C=O) groups is 4. The number of hydrogen-bond acceptors (Lipinski definition) is 7. The molecule has 0 spiro atoms. The third-order valence-electron chi connectivity index (χ3n) is 8.47.